The molecule has 6 nitrogen and oxygen atoms in total. The fraction of sp³-hybridized carbons (Fsp3) is 0.211. The molecule has 0 aliphatic heterocycles. The predicted molar refractivity (Wildman–Crippen MR) is 106 cm³/mol. The molecular weight excluding hydrogens is 350 g/mol. The van der Waals surface area contributed by atoms with E-state index in [0.717, 1.165) is 11.3 Å². The Balaban J connectivity index is 1.73. The number of thioether (sulfide) groups is 1. The third kappa shape index (κ3) is 6.25. The summed E-state index contributed by atoms with van der Waals surface area (Å²) in [6.07, 6.45) is 0. The third-order valence-corrected chi connectivity index (χ3v) is 4.36. The fourth-order valence-corrected chi connectivity index (χ4v) is 2.82. The predicted octanol–water partition coefficient (Wildman–Crippen LogP) is 2.67. The highest BCUT2D eigenvalue weighted by Crippen LogP contribution is 2.12. The summed E-state index contributed by atoms with van der Waals surface area (Å²) in [4.78, 5) is 35.3. The highest BCUT2D eigenvalue weighted by molar-refractivity contribution is 8.00. The number of carbonyl (C=O) groups excluding carboxylic acids is 3. The van der Waals surface area contributed by atoms with Gasteiger partial charge in [0.05, 0.1) is 11.5 Å². The Morgan fingerprint density at radius 3 is 2.08 bits per heavy atom. The van der Waals surface area contributed by atoms with Gasteiger partial charge in [-0.15, -0.1) is 11.8 Å². The van der Waals surface area contributed by atoms with Gasteiger partial charge < -0.3 is 16.0 Å². The third-order valence-electron chi connectivity index (χ3n) is 3.43. The van der Waals surface area contributed by atoms with E-state index in [1.54, 1.807) is 31.3 Å². The minimum Gasteiger partial charge on any atom is -0.355 e. The van der Waals surface area contributed by atoms with Crippen LogP contribution in [0, 0.1) is 6.92 Å². The molecule has 2 aromatic carbocycles. The molecule has 7 heteroatoms. The van der Waals surface area contributed by atoms with Gasteiger partial charge in [0.25, 0.3) is 5.91 Å². The molecule has 3 amide bonds. The number of carbonyl (C=O) groups is 3. The molecular formula is C19H21N3O3S. The van der Waals surface area contributed by atoms with E-state index in [-0.39, 0.29) is 29.2 Å². The first kappa shape index (κ1) is 19.5. The highest BCUT2D eigenvalue weighted by atomic mass is 32.2. The number of amides is 3. The van der Waals surface area contributed by atoms with Crippen LogP contribution < -0.4 is 16.0 Å². The summed E-state index contributed by atoms with van der Waals surface area (Å²) in [5, 5.41) is 8.07. The molecule has 0 spiro atoms. The summed E-state index contributed by atoms with van der Waals surface area (Å²) >= 11 is 1.24. The first-order valence-electron chi connectivity index (χ1n) is 8.04. The normalized spacial score (nSPS) is 10.1. The summed E-state index contributed by atoms with van der Waals surface area (Å²) in [5.41, 5.74) is 2.94. The highest BCUT2D eigenvalue weighted by Gasteiger charge is 2.08. The van der Waals surface area contributed by atoms with Gasteiger partial charge in [0.15, 0.2) is 0 Å². The van der Waals surface area contributed by atoms with Crippen molar-refractivity contribution in [2.45, 2.75) is 6.92 Å². The van der Waals surface area contributed by atoms with Gasteiger partial charge >= 0.3 is 0 Å². The molecule has 0 radical (unpaired) electrons. The van der Waals surface area contributed by atoms with Crippen molar-refractivity contribution in [1.82, 2.24) is 5.32 Å². The molecule has 0 fully saturated rings. The summed E-state index contributed by atoms with van der Waals surface area (Å²) in [5.74, 6) is -0.178. The van der Waals surface area contributed by atoms with E-state index < -0.39 is 0 Å². The Morgan fingerprint density at radius 2 is 1.50 bits per heavy atom. The quantitative estimate of drug-likeness (QED) is 0.698. The molecule has 136 valence electrons. The lowest BCUT2D eigenvalue weighted by molar-refractivity contribution is -0.114. The van der Waals surface area contributed by atoms with Gasteiger partial charge in [0.1, 0.15) is 0 Å². The smallest absolute Gasteiger partial charge is 0.251 e. The number of hydrogen-bond donors (Lipinski definition) is 3. The molecule has 0 heterocycles. The van der Waals surface area contributed by atoms with Crippen molar-refractivity contribution in [3.63, 3.8) is 0 Å². The molecule has 2 aromatic rings. The van der Waals surface area contributed by atoms with Gasteiger partial charge in [-0.25, -0.2) is 0 Å². The van der Waals surface area contributed by atoms with E-state index in [2.05, 4.69) is 16.0 Å². The van der Waals surface area contributed by atoms with Crippen LogP contribution in [0.1, 0.15) is 15.9 Å². The summed E-state index contributed by atoms with van der Waals surface area (Å²) in [7, 11) is 1.56. The zero-order valence-electron chi connectivity index (χ0n) is 14.7. The Kier molecular flexibility index (Phi) is 7.23. The van der Waals surface area contributed by atoms with Crippen LogP contribution in [0.2, 0.25) is 0 Å². The SMILES string of the molecule is CNC(=O)c1ccc(NC(=O)CSCC(=O)Nc2cccc(C)c2)cc1. The van der Waals surface area contributed by atoms with Gasteiger partial charge in [-0.2, -0.15) is 0 Å². The van der Waals surface area contributed by atoms with Crippen molar-refractivity contribution >= 4 is 40.9 Å². The van der Waals surface area contributed by atoms with E-state index in [9.17, 15) is 14.4 Å². The van der Waals surface area contributed by atoms with E-state index in [0.29, 0.717) is 11.3 Å². The maximum Gasteiger partial charge on any atom is 0.251 e. The van der Waals surface area contributed by atoms with Crippen LogP contribution in [0.5, 0.6) is 0 Å². The topological polar surface area (TPSA) is 87.3 Å². The lowest BCUT2D eigenvalue weighted by Crippen LogP contribution is -2.19. The molecule has 0 bridgehead atoms. The van der Waals surface area contributed by atoms with Crippen LogP contribution in [0.15, 0.2) is 48.5 Å². The van der Waals surface area contributed by atoms with Crippen molar-refractivity contribution in [2.24, 2.45) is 0 Å². The van der Waals surface area contributed by atoms with Crippen LogP contribution >= 0.6 is 11.8 Å². The Morgan fingerprint density at radius 1 is 0.885 bits per heavy atom. The van der Waals surface area contributed by atoms with Crippen molar-refractivity contribution < 1.29 is 14.4 Å². The monoisotopic (exact) mass is 371 g/mol. The summed E-state index contributed by atoms with van der Waals surface area (Å²) in [6.45, 7) is 1.95. The van der Waals surface area contributed by atoms with Gasteiger partial charge in [-0.3, -0.25) is 14.4 Å². The average Bonchev–Trinajstić information content (AvgIpc) is 2.61. The molecule has 0 saturated carbocycles. The van der Waals surface area contributed by atoms with Crippen molar-refractivity contribution in [3.05, 3.63) is 59.7 Å². The van der Waals surface area contributed by atoms with Crippen molar-refractivity contribution in [3.8, 4) is 0 Å². The standard InChI is InChI=1S/C19H21N3O3S/c1-13-4-3-5-16(10-13)22-18(24)12-26-11-17(23)21-15-8-6-14(7-9-15)19(25)20-2/h3-10H,11-12H2,1-2H3,(H,20,25)(H,21,23)(H,22,24). The number of benzene rings is 2. The number of hydrogen-bond acceptors (Lipinski definition) is 4. The molecule has 0 aliphatic carbocycles. The van der Waals surface area contributed by atoms with Crippen LogP contribution in [-0.2, 0) is 9.59 Å². The Labute approximate surface area is 156 Å². The average molecular weight is 371 g/mol. The minimum atomic E-state index is -0.203. The van der Waals surface area contributed by atoms with Gasteiger partial charge in [0, 0.05) is 24.0 Å². The lowest BCUT2D eigenvalue weighted by Gasteiger charge is -2.07. The maximum atomic E-state index is 11.9. The van der Waals surface area contributed by atoms with E-state index >= 15 is 0 Å². The molecule has 0 unspecified atom stereocenters. The van der Waals surface area contributed by atoms with E-state index in [1.165, 1.54) is 11.8 Å². The van der Waals surface area contributed by atoms with Crippen LogP contribution in [0.4, 0.5) is 11.4 Å². The summed E-state index contributed by atoms with van der Waals surface area (Å²) < 4.78 is 0. The van der Waals surface area contributed by atoms with Crippen LogP contribution in [0.3, 0.4) is 0 Å². The van der Waals surface area contributed by atoms with Gasteiger partial charge in [-0.1, -0.05) is 12.1 Å². The number of aryl methyl sites for hydroxylation is 1. The second-order valence-corrected chi connectivity index (χ2v) is 6.60. The molecule has 0 saturated heterocycles. The number of anilines is 2. The second-order valence-electron chi connectivity index (χ2n) is 5.62. The van der Waals surface area contributed by atoms with Crippen molar-refractivity contribution in [1.29, 1.82) is 0 Å². The second kappa shape index (κ2) is 9.62. The first-order chi connectivity index (χ1) is 12.5. The van der Waals surface area contributed by atoms with Gasteiger partial charge in [-0.05, 0) is 48.9 Å². The lowest BCUT2D eigenvalue weighted by atomic mass is 10.2. The molecule has 0 aromatic heterocycles. The van der Waals surface area contributed by atoms with Crippen molar-refractivity contribution in [2.75, 3.05) is 29.2 Å². The zero-order valence-corrected chi connectivity index (χ0v) is 15.5. The first-order valence-corrected chi connectivity index (χ1v) is 9.19. The Hall–Kier alpha value is -2.80. The maximum absolute atomic E-state index is 11.9. The molecule has 26 heavy (non-hydrogen) atoms. The van der Waals surface area contributed by atoms with E-state index in [1.807, 2.05) is 31.2 Å². The van der Waals surface area contributed by atoms with Gasteiger partial charge in [0.2, 0.25) is 11.8 Å². The van der Waals surface area contributed by atoms with Crippen LogP contribution in [-0.4, -0.2) is 36.3 Å². The molecule has 0 atom stereocenters. The largest absolute Gasteiger partial charge is 0.355 e. The molecule has 3 N–H and O–H groups in total. The molecule has 2 rings (SSSR count). The summed E-state index contributed by atoms with van der Waals surface area (Å²) in [6, 6.07) is 14.1. The van der Waals surface area contributed by atoms with Crippen LogP contribution in [0.25, 0.3) is 0 Å². The Bertz CT molecular complexity index is 791. The van der Waals surface area contributed by atoms with E-state index in [4.69, 9.17) is 0 Å². The zero-order chi connectivity index (χ0) is 18.9. The number of rotatable bonds is 7. The minimum absolute atomic E-state index is 0.150. The molecule has 0 aliphatic rings. The number of nitrogens with one attached hydrogen (secondary N) is 3. The fourth-order valence-electron chi connectivity index (χ4n) is 2.20.